The van der Waals surface area contributed by atoms with E-state index in [1.165, 1.54) is 11.1 Å². The summed E-state index contributed by atoms with van der Waals surface area (Å²) in [7, 11) is 0. The van der Waals surface area contributed by atoms with E-state index in [1.54, 1.807) is 6.20 Å². The smallest absolute Gasteiger partial charge is 0.222 e. The lowest BCUT2D eigenvalue weighted by Gasteiger charge is -2.15. The summed E-state index contributed by atoms with van der Waals surface area (Å²) in [6, 6.07) is 12.1. The van der Waals surface area contributed by atoms with E-state index in [9.17, 15) is 0 Å². The molecule has 116 valence electrons. The lowest BCUT2D eigenvalue weighted by molar-refractivity contribution is 0.459. The second-order valence-electron chi connectivity index (χ2n) is 5.35. The van der Waals surface area contributed by atoms with Gasteiger partial charge in [0.2, 0.25) is 5.88 Å². The highest BCUT2D eigenvalue weighted by molar-refractivity contribution is 5.85. The van der Waals surface area contributed by atoms with Gasteiger partial charge < -0.3 is 10.1 Å². The molecule has 0 saturated carbocycles. The minimum Gasteiger partial charge on any atom is -0.439 e. The number of nitrogens with one attached hydrogen (secondary N) is 1. The number of aromatic nitrogens is 1. The zero-order valence-corrected chi connectivity index (χ0v) is 13.5. The summed E-state index contributed by atoms with van der Waals surface area (Å²) in [5.74, 6) is 1.50. The largest absolute Gasteiger partial charge is 0.439 e. The zero-order valence-electron chi connectivity index (χ0n) is 12.7. The van der Waals surface area contributed by atoms with Crippen LogP contribution in [0, 0.1) is 6.92 Å². The summed E-state index contributed by atoms with van der Waals surface area (Å²) in [5, 5.41) is 3.38. The maximum Gasteiger partial charge on any atom is 0.222 e. The molecular weight excluding hydrogens is 296 g/mol. The van der Waals surface area contributed by atoms with Crippen molar-refractivity contribution >= 4 is 18.5 Å². The maximum absolute atomic E-state index is 5.89. The third-order valence-electron chi connectivity index (χ3n) is 3.65. The Morgan fingerprint density at radius 2 is 1.95 bits per heavy atom. The number of halogens is 1. The summed E-state index contributed by atoms with van der Waals surface area (Å²) >= 11 is 0. The Morgan fingerprint density at radius 3 is 2.73 bits per heavy atom. The van der Waals surface area contributed by atoms with Crippen molar-refractivity contribution in [3.63, 3.8) is 0 Å². The number of ether oxygens (including phenoxy) is 1. The van der Waals surface area contributed by atoms with Gasteiger partial charge in [0.1, 0.15) is 5.75 Å². The van der Waals surface area contributed by atoms with Gasteiger partial charge in [0.25, 0.3) is 0 Å². The van der Waals surface area contributed by atoms with Gasteiger partial charge in [-0.3, -0.25) is 0 Å². The molecule has 1 saturated heterocycles. The molecule has 0 spiro atoms. The third kappa shape index (κ3) is 4.33. The van der Waals surface area contributed by atoms with Gasteiger partial charge in [-0.15, -0.1) is 12.4 Å². The Balaban J connectivity index is 0.00000176. The Bertz CT molecular complexity index is 647. The zero-order chi connectivity index (χ0) is 14.5. The molecule has 0 aliphatic carbocycles. The Hall–Kier alpha value is -1.84. The Kier molecular flexibility index (Phi) is 5.99. The van der Waals surface area contributed by atoms with Crippen LogP contribution in [0.2, 0.25) is 0 Å². The van der Waals surface area contributed by atoms with Crippen molar-refractivity contribution in [3.8, 4) is 11.6 Å². The number of hydrogen-bond donors (Lipinski definition) is 1. The first-order valence-corrected chi connectivity index (χ1v) is 7.41. The van der Waals surface area contributed by atoms with Crippen LogP contribution in [0.3, 0.4) is 0 Å². The third-order valence-corrected chi connectivity index (χ3v) is 3.65. The molecule has 3 rings (SSSR count). The fourth-order valence-corrected chi connectivity index (χ4v) is 2.49. The molecule has 1 N–H and O–H groups in total. The van der Waals surface area contributed by atoms with E-state index >= 15 is 0 Å². The van der Waals surface area contributed by atoms with Crippen LogP contribution in [0.4, 0.5) is 0 Å². The van der Waals surface area contributed by atoms with E-state index in [2.05, 4.69) is 28.5 Å². The first kappa shape index (κ1) is 16.5. The van der Waals surface area contributed by atoms with Gasteiger partial charge in [-0.1, -0.05) is 29.8 Å². The minimum atomic E-state index is 0. The van der Waals surface area contributed by atoms with Crippen molar-refractivity contribution in [1.82, 2.24) is 10.3 Å². The average molecular weight is 317 g/mol. The van der Waals surface area contributed by atoms with Crippen LogP contribution in [-0.4, -0.2) is 18.1 Å². The van der Waals surface area contributed by atoms with Crippen LogP contribution in [0.5, 0.6) is 11.6 Å². The summed E-state index contributed by atoms with van der Waals surface area (Å²) in [4.78, 5) is 4.27. The summed E-state index contributed by atoms with van der Waals surface area (Å²) < 4.78 is 5.89. The lowest BCUT2D eigenvalue weighted by Crippen LogP contribution is -2.22. The second-order valence-corrected chi connectivity index (χ2v) is 5.35. The SMILES string of the molecule is Cc1cccnc1Oc1cccc(C=C2CCNCC2)c1.Cl. The molecule has 0 radical (unpaired) electrons. The molecule has 2 heterocycles. The minimum absolute atomic E-state index is 0. The van der Waals surface area contributed by atoms with Crippen molar-refractivity contribution in [3.05, 3.63) is 59.3 Å². The molecule has 1 aliphatic heterocycles. The molecule has 4 heteroatoms. The van der Waals surface area contributed by atoms with Gasteiger partial charge in [0.15, 0.2) is 0 Å². The fraction of sp³-hybridized carbons (Fsp3) is 0.278. The second kappa shape index (κ2) is 7.97. The van der Waals surface area contributed by atoms with E-state index in [4.69, 9.17) is 4.74 Å². The first-order chi connectivity index (χ1) is 10.3. The molecule has 1 aromatic heterocycles. The van der Waals surface area contributed by atoms with Crippen LogP contribution in [0.15, 0.2) is 48.2 Å². The quantitative estimate of drug-likeness (QED) is 0.913. The van der Waals surface area contributed by atoms with Crippen molar-refractivity contribution in [1.29, 1.82) is 0 Å². The van der Waals surface area contributed by atoms with Gasteiger partial charge in [-0.2, -0.15) is 0 Å². The molecule has 2 aromatic rings. The number of aryl methyl sites for hydroxylation is 1. The number of piperidine rings is 1. The molecule has 1 aliphatic rings. The monoisotopic (exact) mass is 316 g/mol. The summed E-state index contributed by atoms with van der Waals surface area (Å²) in [6.45, 7) is 4.16. The van der Waals surface area contributed by atoms with E-state index in [-0.39, 0.29) is 12.4 Å². The van der Waals surface area contributed by atoms with Gasteiger partial charge in [0, 0.05) is 11.8 Å². The Labute approximate surface area is 137 Å². The molecule has 1 aromatic carbocycles. The highest BCUT2D eigenvalue weighted by atomic mass is 35.5. The van der Waals surface area contributed by atoms with Gasteiger partial charge in [-0.05, 0) is 56.6 Å². The maximum atomic E-state index is 5.89. The standard InChI is InChI=1S/C18H20N2O.ClH/c1-14-4-3-9-20-18(14)21-17-6-2-5-16(13-17)12-15-7-10-19-11-8-15;/h2-6,9,12-13,19H,7-8,10-11H2,1H3;1H. The molecule has 0 atom stereocenters. The highest BCUT2D eigenvalue weighted by Crippen LogP contribution is 2.24. The topological polar surface area (TPSA) is 34.1 Å². The number of pyridine rings is 1. The van der Waals surface area contributed by atoms with Crippen molar-refractivity contribution < 1.29 is 4.74 Å². The number of benzene rings is 1. The predicted octanol–water partition coefficient (Wildman–Crippen LogP) is 4.37. The van der Waals surface area contributed by atoms with Crippen LogP contribution in [0.1, 0.15) is 24.0 Å². The van der Waals surface area contributed by atoms with Gasteiger partial charge in [-0.25, -0.2) is 4.98 Å². The van der Waals surface area contributed by atoms with Crippen LogP contribution >= 0.6 is 12.4 Å². The lowest BCUT2D eigenvalue weighted by atomic mass is 10.0. The molecule has 1 fully saturated rings. The van der Waals surface area contributed by atoms with E-state index in [0.29, 0.717) is 5.88 Å². The molecule has 0 unspecified atom stereocenters. The van der Waals surface area contributed by atoms with E-state index < -0.39 is 0 Å². The van der Waals surface area contributed by atoms with Gasteiger partial charge >= 0.3 is 0 Å². The molecule has 3 nitrogen and oxygen atoms in total. The molecule has 0 bridgehead atoms. The van der Waals surface area contributed by atoms with Crippen LogP contribution in [-0.2, 0) is 0 Å². The molecular formula is C18H21ClN2O. The van der Waals surface area contributed by atoms with Crippen molar-refractivity contribution in [2.24, 2.45) is 0 Å². The Morgan fingerprint density at radius 1 is 1.14 bits per heavy atom. The summed E-state index contributed by atoms with van der Waals surface area (Å²) in [6.07, 6.45) is 6.29. The van der Waals surface area contributed by atoms with Crippen molar-refractivity contribution in [2.45, 2.75) is 19.8 Å². The summed E-state index contributed by atoms with van der Waals surface area (Å²) in [5.41, 5.74) is 3.73. The molecule has 22 heavy (non-hydrogen) atoms. The normalized spacial score (nSPS) is 14.1. The van der Waals surface area contributed by atoms with Crippen molar-refractivity contribution in [2.75, 3.05) is 13.1 Å². The van der Waals surface area contributed by atoms with Crippen LogP contribution < -0.4 is 10.1 Å². The molecule has 0 amide bonds. The fourth-order valence-electron chi connectivity index (χ4n) is 2.49. The van der Waals surface area contributed by atoms with Crippen LogP contribution in [0.25, 0.3) is 6.08 Å². The van der Waals surface area contributed by atoms with E-state index in [1.807, 2.05) is 31.2 Å². The number of nitrogens with zero attached hydrogens (tertiary/aromatic N) is 1. The van der Waals surface area contributed by atoms with Gasteiger partial charge in [0.05, 0.1) is 0 Å². The first-order valence-electron chi connectivity index (χ1n) is 7.41. The van der Waals surface area contributed by atoms with E-state index in [0.717, 1.165) is 37.2 Å². The predicted molar refractivity (Wildman–Crippen MR) is 92.8 cm³/mol. The number of hydrogen-bond acceptors (Lipinski definition) is 3. The average Bonchev–Trinajstić information content (AvgIpc) is 2.51. The number of rotatable bonds is 3. The highest BCUT2D eigenvalue weighted by Gasteiger charge is 2.06.